The molecule has 0 bridgehead atoms. The van der Waals surface area contributed by atoms with Crippen LogP contribution in [0, 0.1) is 5.92 Å². The van der Waals surface area contributed by atoms with Gasteiger partial charge in [0.05, 0.1) is 0 Å². The summed E-state index contributed by atoms with van der Waals surface area (Å²) in [6, 6.07) is 6.25. The number of piperidine rings is 1. The van der Waals surface area contributed by atoms with E-state index in [0.717, 1.165) is 6.42 Å². The van der Waals surface area contributed by atoms with Gasteiger partial charge in [0, 0.05) is 24.7 Å². The molecule has 1 aromatic rings. The standard InChI is InChI=1S/C27H42N4O5S/c1-7-19-8-10-21(11-9-19)29-23(32)18(2)28-24(33)20-12-15-31(16-13-20)25(34)22(14-17-37-6)30-26(35)36-27(3,4)5/h8-11,18,20,22H,7,12-17H2,1-6H3,(H,28,33)(H,29,32)(H,30,35)/t18-,22-/m0/s1. The number of nitrogens with one attached hydrogen (secondary N) is 3. The van der Waals surface area contributed by atoms with Crippen molar-refractivity contribution in [3.63, 3.8) is 0 Å². The van der Waals surface area contributed by atoms with Gasteiger partial charge in [0.2, 0.25) is 17.7 Å². The van der Waals surface area contributed by atoms with Gasteiger partial charge in [-0.05, 0) is 83.1 Å². The minimum atomic E-state index is -0.688. The van der Waals surface area contributed by atoms with E-state index in [2.05, 4.69) is 22.9 Å². The number of hydrogen-bond donors (Lipinski definition) is 3. The molecule has 3 N–H and O–H groups in total. The van der Waals surface area contributed by atoms with Crippen molar-refractivity contribution in [3.05, 3.63) is 29.8 Å². The number of ether oxygens (including phenoxy) is 1. The van der Waals surface area contributed by atoms with Crippen LogP contribution in [0.25, 0.3) is 0 Å². The third kappa shape index (κ3) is 10.3. The number of amides is 4. The molecule has 1 saturated heterocycles. The summed E-state index contributed by atoms with van der Waals surface area (Å²) in [4.78, 5) is 52.5. The Morgan fingerprint density at radius 3 is 2.24 bits per heavy atom. The molecule has 10 heteroatoms. The average molecular weight is 535 g/mol. The number of rotatable bonds is 10. The highest BCUT2D eigenvalue weighted by atomic mass is 32.2. The summed E-state index contributed by atoms with van der Waals surface area (Å²) in [7, 11) is 0. The van der Waals surface area contributed by atoms with Crippen molar-refractivity contribution in [2.45, 2.75) is 78.0 Å². The molecule has 0 aromatic heterocycles. The van der Waals surface area contributed by atoms with Crippen molar-refractivity contribution in [2.24, 2.45) is 5.92 Å². The highest BCUT2D eigenvalue weighted by Crippen LogP contribution is 2.20. The smallest absolute Gasteiger partial charge is 0.408 e. The number of carbonyl (C=O) groups excluding carboxylic acids is 4. The first-order valence-electron chi connectivity index (χ1n) is 12.9. The Labute approximate surface area is 224 Å². The maximum Gasteiger partial charge on any atom is 0.408 e. The second kappa shape index (κ2) is 14.3. The zero-order chi connectivity index (χ0) is 27.6. The Balaban J connectivity index is 1.86. The first kappa shape index (κ1) is 30.5. The Hall–Kier alpha value is -2.75. The molecule has 1 fully saturated rings. The highest BCUT2D eigenvalue weighted by Gasteiger charge is 2.33. The van der Waals surface area contributed by atoms with E-state index in [4.69, 9.17) is 4.74 Å². The normalized spacial score (nSPS) is 15.9. The minimum Gasteiger partial charge on any atom is -0.444 e. The molecule has 2 rings (SSSR count). The quantitative estimate of drug-likeness (QED) is 0.423. The number of hydrogen-bond acceptors (Lipinski definition) is 6. The van der Waals surface area contributed by atoms with Crippen LogP contribution in [0.3, 0.4) is 0 Å². The average Bonchev–Trinajstić information content (AvgIpc) is 2.85. The first-order chi connectivity index (χ1) is 17.4. The Kier molecular flexibility index (Phi) is 11.7. The lowest BCUT2D eigenvalue weighted by Crippen LogP contribution is -2.53. The molecule has 0 unspecified atom stereocenters. The number of carbonyl (C=O) groups is 4. The number of thioether (sulfide) groups is 1. The predicted octanol–water partition coefficient (Wildman–Crippen LogP) is 3.58. The van der Waals surface area contributed by atoms with E-state index in [1.54, 1.807) is 44.4 Å². The van der Waals surface area contributed by atoms with Crippen LogP contribution < -0.4 is 16.0 Å². The fourth-order valence-electron chi connectivity index (χ4n) is 4.00. The zero-order valence-corrected chi connectivity index (χ0v) is 23.7. The van der Waals surface area contributed by atoms with Crippen LogP contribution in [0.1, 0.15) is 59.4 Å². The Morgan fingerprint density at radius 2 is 1.70 bits per heavy atom. The molecular formula is C27H42N4O5S. The van der Waals surface area contributed by atoms with Crippen molar-refractivity contribution in [3.8, 4) is 0 Å². The molecule has 1 heterocycles. The Bertz CT molecular complexity index is 924. The molecule has 0 spiro atoms. The van der Waals surface area contributed by atoms with Crippen molar-refractivity contribution >= 4 is 41.3 Å². The number of anilines is 1. The summed E-state index contributed by atoms with van der Waals surface area (Å²) >= 11 is 1.60. The Morgan fingerprint density at radius 1 is 1.08 bits per heavy atom. The van der Waals surface area contributed by atoms with Gasteiger partial charge in [0.1, 0.15) is 17.7 Å². The predicted molar refractivity (Wildman–Crippen MR) is 148 cm³/mol. The number of benzene rings is 1. The van der Waals surface area contributed by atoms with Crippen LogP contribution in [0.4, 0.5) is 10.5 Å². The van der Waals surface area contributed by atoms with Gasteiger partial charge in [-0.25, -0.2) is 4.79 Å². The maximum absolute atomic E-state index is 13.2. The van der Waals surface area contributed by atoms with Crippen LogP contribution in [0.5, 0.6) is 0 Å². The molecule has 2 atom stereocenters. The molecule has 0 aliphatic carbocycles. The van der Waals surface area contributed by atoms with Gasteiger partial charge >= 0.3 is 6.09 Å². The minimum absolute atomic E-state index is 0.166. The largest absolute Gasteiger partial charge is 0.444 e. The molecular weight excluding hydrogens is 492 g/mol. The van der Waals surface area contributed by atoms with E-state index in [0.29, 0.717) is 43.8 Å². The molecule has 4 amide bonds. The van der Waals surface area contributed by atoms with Gasteiger partial charge < -0.3 is 25.6 Å². The molecule has 0 radical (unpaired) electrons. The van der Waals surface area contributed by atoms with Gasteiger partial charge in [-0.2, -0.15) is 11.8 Å². The van der Waals surface area contributed by atoms with Gasteiger partial charge in [-0.3, -0.25) is 14.4 Å². The van der Waals surface area contributed by atoms with E-state index in [1.165, 1.54) is 5.56 Å². The summed E-state index contributed by atoms with van der Waals surface area (Å²) in [6.45, 7) is 9.86. The first-order valence-corrected chi connectivity index (χ1v) is 14.3. The fourth-order valence-corrected chi connectivity index (χ4v) is 4.47. The van der Waals surface area contributed by atoms with Gasteiger partial charge in [0.15, 0.2) is 0 Å². The van der Waals surface area contributed by atoms with E-state index in [9.17, 15) is 19.2 Å². The summed E-state index contributed by atoms with van der Waals surface area (Å²) in [6.07, 6.45) is 3.73. The van der Waals surface area contributed by atoms with Crippen LogP contribution >= 0.6 is 11.8 Å². The molecule has 1 aromatic carbocycles. The second-order valence-corrected chi connectivity index (χ2v) is 11.3. The SMILES string of the molecule is CCc1ccc(NC(=O)[C@H](C)NC(=O)C2CCN(C(=O)[C@H](CCSC)NC(=O)OC(C)(C)C)CC2)cc1. The number of nitrogens with zero attached hydrogens (tertiary/aromatic N) is 1. The molecule has 9 nitrogen and oxygen atoms in total. The number of alkyl carbamates (subject to hydrolysis) is 1. The number of aryl methyl sites for hydroxylation is 1. The van der Waals surface area contributed by atoms with Crippen LogP contribution in [0.15, 0.2) is 24.3 Å². The summed E-state index contributed by atoms with van der Waals surface area (Å²) in [5, 5.41) is 8.35. The lowest BCUT2D eigenvalue weighted by Gasteiger charge is -2.34. The van der Waals surface area contributed by atoms with Crippen molar-refractivity contribution < 1.29 is 23.9 Å². The van der Waals surface area contributed by atoms with Crippen molar-refractivity contribution in [1.29, 1.82) is 0 Å². The number of likely N-dealkylation sites (tertiary alicyclic amines) is 1. The van der Waals surface area contributed by atoms with E-state index < -0.39 is 23.8 Å². The van der Waals surface area contributed by atoms with E-state index >= 15 is 0 Å². The molecule has 206 valence electrons. The van der Waals surface area contributed by atoms with Gasteiger partial charge in [-0.15, -0.1) is 0 Å². The lowest BCUT2D eigenvalue weighted by atomic mass is 9.95. The van der Waals surface area contributed by atoms with Crippen LogP contribution in [-0.2, 0) is 25.5 Å². The summed E-state index contributed by atoms with van der Waals surface area (Å²) < 4.78 is 5.33. The summed E-state index contributed by atoms with van der Waals surface area (Å²) in [5.41, 5.74) is 1.21. The molecule has 37 heavy (non-hydrogen) atoms. The summed E-state index contributed by atoms with van der Waals surface area (Å²) in [5.74, 6) is -0.211. The van der Waals surface area contributed by atoms with Crippen LogP contribution in [-0.4, -0.2) is 71.5 Å². The third-order valence-corrected chi connectivity index (χ3v) is 6.80. The molecule has 1 aliphatic rings. The third-order valence-electron chi connectivity index (χ3n) is 6.16. The topological polar surface area (TPSA) is 117 Å². The lowest BCUT2D eigenvalue weighted by molar-refractivity contribution is -0.137. The highest BCUT2D eigenvalue weighted by molar-refractivity contribution is 7.98. The fraction of sp³-hybridized carbons (Fsp3) is 0.630. The second-order valence-electron chi connectivity index (χ2n) is 10.3. The monoisotopic (exact) mass is 534 g/mol. The maximum atomic E-state index is 13.2. The van der Waals surface area contributed by atoms with Crippen LogP contribution in [0.2, 0.25) is 0 Å². The molecule has 0 saturated carbocycles. The van der Waals surface area contributed by atoms with Crippen molar-refractivity contribution in [1.82, 2.24) is 15.5 Å². The van der Waals surface area contributed by atoms with E-state index in [-0.39, 0.29) is 23.6 Å². The van der Waals surface area contributed by atoms with Gasteiger partial charge in [0.25, 0.3) is 0 Å². The van der Waals surface area contributed by atoms with Crippen molar-refractivity contribution in [2.75, 3.05) is 30.4 Å². The molecule has 1 aliphatic heterocycles. The zero-order valence-electron chi connectivity index (χ0n) is 22.9. The van der Waals surface area contributed by atoms with Gasteiger partial charge in [-0.1, -0.05) is 19.1 Å². The van der Waals surface area contributed by atoms with E-state index in [1.807, 2.05) is 30.5 Å².